The van der Waals surface area contributed by atoms with E-state index in [-0.39, 0.29) is 49.0 Å². The molecule has 0 aromatic carbocycles. The molecule has 1 aromatic rings. The van der Waals surface area contributed by atoms with Crippen LogP contribution in [0.5, 0.6) is 0 Å². The average molecular weight is 365 g/mol. The quantitative estimate of drug-likeness (QED) is 0.885. The number of rotatable bonds is 3. The number of hydrogen-bond acceptors (Lipinski definition) is 4. The minimum atomic E-state index is -0.295. The third kappa shape index (κ3) is 4.59. The second-order valence-electron chi connectivity index (χ2n) is 6.14. The van der Waals surface area contributed by atoms with Gasteiger partial charge in [-0.2, -0.15) is 5.10 Å². The number of aromatic nitrogens is 2. The standard InChI is InChI=1S/C15H24N4O2.2ClH/c1-11-8-17-19(9-11)12-3-2-6-18(10-12)15(20)14-5-4-13(7-16)21-14;;/h8-9,12-14H,2-7,10,16H2,1H3;2*1H/t12?,13-,14+;;/m1../s1. The van der Waals surface area contributed by atoms with Crippen molar-refractivity contribution < 1.29 is 9.53 Å². The topological polar surface area (TPSA) is 73.4 Å². The van der Waals surface area contributed by atoms with E-state index in [1.54, 1.807) is 0 Å². The van der Waals surface area contributed by atoms with Crippen molar-refractivity contribution in [2.75, 3.05) is 19.6 Å². The second kappa shape index (κ2) is 8.87. The van der Waals surface area contributed by atoms with E-state index in [1.165, 1.54) is 0 Å². The summed E-state index contributed by atoms with van der Waals surface area (Å²) < 4.78 is 7.73. The molecule has 0 aliphatic carbocycles. The van der Waals surface area contributed by atoms with Crippen LogP contribution in [0, 0.1) is 6.92 Å². The lowest BCUT2D eigenvalue weighted by Crippen LogP contribution is -2.45. The normalized spacial score (nSPS) is 27.2. The number of piperidine rings is 1. The molecule has 0 radical (unpaired) electrons. The third-order valence-corrected chi connectivity index (χ3v) is 4.46. The summed E-state index contributed by atoms with van der Waals surface area (Å²) in [6.45, 7) is 4.09. The summed E-state index contributed by atoms with van der Waals surface area (Å²) in [6, 6.07) is 0.281. The lowest BCUT2D eigenvalue weighted by molar-refractivity contribution is -0.144. The summed E-state index contributed by atoms with van der Waals surface area (Å²) in [6.07, 6.45) is 7.45. The van der Waals surface area contributed by atoms with E-state index in [2.05, 4.69) is 11.3 Å². The molecule has 2 N–H and O–H groups in total. The maximum absolute atomic E-state index is 12.6. The summed E-state index contributed by atoms with van der Waals surface area (Å²) in [5, 5.41) is 4.39. The first-order valence-electron chi connectivity index (χ1n) is 7.82. The van der Waals surface area contributed by atoms with Gasteiger partial charge in [0.1, 0.15) is 6.10 Å². The van der Waals surface area contributed by atoms with Gasteiger partial charge >= 0.3 is 0 Å². The number of halogens is 2. The zero-order chi connectivity index (χ0) is 14.8. The Balaban J connectivity index is 0.00000132. The van der Waals surface area contributed by atoms with Crippen LogP contribution in [0.2, 0.25) is 0 Å². The predicted molar refractivity (Wildman–Crippen MR) is 93.3 cm³/mol. The first-order valence-corrected chi connectivity index (χ1v) is 7.82. The molecule has 0 spiro atoms. The Morgan fingerprint density at radius 1 is 1.39 bits per heavy atom. The van der Waals surface area contributed by atoms with Crippen molar-refractivity contribution in [2.24, 2.45) is 5.73 Å². The highest BCUT2D eigenvalue weighted by atomic mass is 35.5. The van der Waals surface area contributed by atoms with Crippen molar-refractivity contribution in [3.63, 3.8) is 0 Å². The Hall–Kier alpha value is -0.820. The average Bonchev–Trinajstić information content (AvgIpc) is 3.15. The van der Waals surface area contributed by atoms with Crippen LogP contribution < -0.4 is 5.73 Å². The van der Waals surface area contributed by atoms with Crippen LogP contribution >= 0.6 is 24.8 Å². The smallest absolute Gasteiger partial charge is 0.251 e. The van der Waals surface area contributed by atoms with Gasteiger partial charge in [0.15, 0.2) is 0 Å². The Morgan fingerprint density at radius 3 is 2.78 bits per heavy atom. The molecule has 1 aromatic heterocycles. The van der Waals surface area contributed by atoms with E-state index >= 15 is 0 Å². The molecule has 0 saturated carbocycles. The van der Waals surface area contributed by atoms with Crippen LogP contribution in [-0.4, -0.2) is 52.4 Å². The molecule has 2 saturated heterocycles. The van der Waals surface area contributed by atoms with Gasteiger partial charge in [-0.05, 0) is 38.2 Å². The van der Waals surface area contributed by atoms with Gasteiger partial charge in [-0.25, -0.2) is 0 Å². The maximum atomic E-state index is 12.6. The fourth-order valence-corrected chi connectivity index (χ4v) is 3.27. The minimum absolute atomic E-state index is 0. The molecule has 3 rings (SSSR count). The summed E-state index contributed by atoms with van der Waals surface area (Å²) in [4.78, 5) is 14.5. The lowest BCUT2D eigenvalue weighted by atomic mass is 10.0. The van der Waals surface area contributed by atoms with Crippen molar-refractivity contribution in [2.45, 2.75) is 50.9 Å². The highest BCUT2D eigenvalue weighted by Gasteiger charge is 2.35. The largest absolute Gasteiger partial charge is 0.364 e. The summed E-state index contributed by atoms with van der Waals surface area (Å²) >= 11 is 0. The monoisotopic (exact) mass is 364 g/mol. The van der Waals surface area contributed by atoms with E-state index in [0.717, 1.165) is 44.3 Å². The molecule has 6 nitrogen and oxygen atoms in total. The molecular weight excluding hydrogens is 339 g/mol. The number of nitrogens with zero attached hydrogens (tertiary/aromatic N) is 3. The van der Waals surface area contributed by atoms with E-state index in [0.29, 0.717) is 6.54 Å². The molecule has 132 valence electrons. The van der Waals surface area contributed by atoms with Crippen molar-refractivity contribution >= 4 is 30.7 Å². The number of ether oxygens (including phenoxy) is 1. The van der Waals surface area contributed by atoms with E-state index in [9.17, 15) is 4.79 Å². The van der Waals surface area contributed by atoms with Crippen molar-refractivity contribution in [3.8, 4) is 0 Å². The lowest BCUT2D eigenvalue weighted by Gasteiger charge is -2.34. The SMILES string of the molecule is Cc1cnn(C2CCCN(C(=O)[C@@H]3CC[C@H](CN)O3)C2)c1.Cl.Cl. The molecular formula is C15H26Cl2N4O2. The number of nitrogens with two attached hydrogens (primary N) is 1. The number of likely N-dealkylation sites (tertiary alicyclic amines) is 1. The molecule has 2 aliphatic heterocycles. The fourth-order valence-electron chi connectivity index (χ4n) is 3.27. The first-order chi connectivity index (χ1) is 10.2. The first kappa shape index (κ1) is 20.2. The summed E-state index contributed by atoms with van der Waals surface area (Å²) in [5.74, 6) is 0.125. The van der Waals surface area contributed by atoms with Gasteiger partial charge in [0.25, 0.3) is 5.91 Å². The van der Waals surface area contributed by atoms with Crippen LogP contribution in [-0.2, 0) is 9.53 Å². The molecule has 2 aliphatic rings. The molecule has 23 heavy (non-hydrogen) atoms. The van der Waals surface area contributed by atoms with Crippen molar-refractivity contribution in [1.29, 1.82) is 0 Å². The maximum Gasteiger partial charge on any atom is 0.251 e. The molecule has 8 heteroatoms. The Morgan fingerprint density at radius 2 is 2.17 bits per heavy atom. The van der Waals surface area contributed by atoms with Gasteiger partial charge in [0, 0.05) is 25.8 Å². The van der Waals surface area contributed by atoms with Gasteiger partial charge in [-0.3, -0.25) is 9.48 Å². The highest BCUT2D eigenvalue weighted by Crippen LogP contribution is 2.25. The number of carbonyl (C=O) groups excluding carboxylic acids is 1. The molecule has 1 unspecified atom stereocenters. The number of hydrogen-bond donors (Lipinski definition) is 1. The Labute approximate surface area is 149 Å². The van der Waals surface area contributed by atoms with Crippen LogP contribution in [0.4, 0.5) is 0 Å². The van der Waals surface area contributed by atoms with E-state index < -0.39 is 0 Å². The van der Waals surface area contributed by atoms with Crippen LogP contribution in [0.15, 0.2) is 12.4 Å². The molecule has 3 atom stereocenters. The molecule has 0 bridgehead atoms. The van der Waals surface area contributed by atoms with Crippen molar-refractivity contribution in [3.05, 3.63) is 18.0 Å². The Kier molecular flexibility index (Phi) is 7.80. The summed E-state index contributed by atoms with van der Waals surface area (Å²) in [7, 11) is 0. The summed E-state index contributed by atoms with van der Waals surface area (Å²) in [5.41, 5.74) is 6.77. The van der Waals surface area contributed by atoms with Gasteiger partial charge < -0.3 is 15.4 Å². The second-order valence-corrected chi connectivity index (χ2v) is 6.14. The molecule has 3 heterocycles. The Bertz CT molecular complexity index is 511. The zero-order valence-electron chi connectivity index (χ0n) is 13.4. The molecule has 2 fully saturated rings. The molecule has 1 amide bonds. The van der Waals surface area contributed by atoms with Crippen LogP contribution in [0.1, 0.15) is 37.3 Å². The van der Waals surface area contributed by atoms with Crippen LogP contribution in [0.3, 0.4) is 0 Å². The van der Waals surface area contributed by atoms with E-state index in [4.69, 9.17) is 10.5 Å². The van der Waals surface area contributed by atoms with E-state index in [1.807, 2.05) is 22.7 Å². The minimum Gasteiger partial charge on any atom is -0.364 e. The number of carbonyl (C=O) groups is 1. The van der Waals surface area contributed by atoms with Gasteiger partial charge in [-0.15, -0.1) is 24.8 Å². The van der Waals surface area contributed by atoms with Gasteiger partial charge in [0.05, 0.1) is 18.3 Å². The van der Waals surface area contributed by atoms with Gasteiger partial charge in [-0.1, -0.05) is 0 Å². The predicted octanol–water partition coefficient (Wildman–Crippen LogP) is 1.70. The number of amides is 1. The fraction of sp³-hybridized carbons (Fsp3) is 0.733. The third-order valence-electron chi connectivity index (χ3n) is 4.46. The van der Waals surface area contributed by atoms with Crippen LogP contribution in [0.25, 0.3) is 0 Å². The highest BCUT2D eigenvalue weighted by molar-refractivity contribution is 5.85. The van der Waals surface area contributed by atoms with Gasteiger partial charge in [0.2, 0.25) is 0 Å². The van der Waals surface area contributed by atoms with Crippen molar-refractivity contribution in [1.82, 2.24) is 14.7 Å². The zero-order valence-corrected chi connectivity index (χ0v) is 15.0. The number of aryl methyl sites for hydroxylation is 1.